The summed E-state index contributed by atoms with van der Waals surface area (Å²) in [5.74, 6) is 0.632. The molecule has 0 fully saturated rings. The molecule has 0 radical (unpaired) electrons. The van der Waals surface area contributed by atoms with Crippen LogP contribution in [-0.4, -0.2) is 23.8 Å². The number of hydrogen-bond donors (Lipinski definition) is 0. The number of nitrogens with zero attached hydrogens (tertiary/aromatic N) is 1. The number of rotatable bonds is 9. The van der Waals surface area contributed by atoms with Crippen molar-refractivity contribution in [1.29, 1.82) is 0 Å². The largest absolute Gasteiger partial charge is 0.493 e. The summed E-state index contributed by atoms with van der Waals surface area (Å²) in [6.07, 6.45) is 1.75. The maximum atomic E-state index is 13.3. The molecule has 0 atom stereocenters. The van der Waals surface area contributed by atoms with Crippen molar-refractivity contribution in [2.45, 2.75) is 33.2 Å². The first-order valence-electron chi connectivity index (χ1n) is 12.6. The number of unbranched alkanes of at least 4 members (excludes halogenated alkanes) is 1. The molecule has 4 nitrogen and oxygen atoms in total. The Morgan fingerprint density at radius 2 is 1.53 bits per heavy atom. The van der Waals surface area contributed by atoms with Gasteiger partial charge in [-0.25, -0.2) is 4.79 Å². The summed E-state index contributed by atoms with van der Waals surface area (Å²) in [4.78, 5) is 13.3. The second-order valence-electron chi connectivity index (χ2n) is 8.96. The normalized spacial score (nSPS) is 11.2. The van der Waals surface area contributed by atoms with Crippen LogP contribution >= 0.6 is 0 Å². The molecule has 0 saturated heterocycles. The van der Waals surface area contributed by atoms with E-state index >= 15 is 0 Å². The Hall–Kier alpha value is -4.05. The van der Waals surface area contributed by atoms with Gasteiger partial charge in [-0.1, -0.05) is 78.9 Å². The number of esters is 1. The number of carbonyl (C=O) groups excluding carboxylic acids is 1. The number of aryl methyl sites for hydroxylation is 2. The van der Waals surface area contributed by atoms with Gasteiger partial charge in [0, 0.05) is 28.4 Å². The van der Waals surface area contributed by atoms with Crippen molar-refractivity contribution < 1.29 is 14.3 Å². The minimum atomic E-state index is -0.279. The van der Waals surface area contributed by atoms with Gasteiger partial charge in [0.25, 0.3) is 0 Å². The van der Waals surface area contributed by atoms with Crippen LogP contribution in [0.4, 0.5) is 0 Å². The highest BCUT2D eigenvalue weighted by molar-refractivity contribution is 6.09. The molecule has 36 heavy (non-hydrogen) atoms. The van der Waals surface area contributed by atoms with E-state index in [-0.39, 0.29) is 5.97 Å². The molecule has 0 aliphatic carbocycles. The van der Waals surface area contributed by atoms with E-state index in [2.05, 4.69) is 54.0 Å². The molecule has 0 spiro atoms. The lowest BCUT2D eigenvalue weighted by Crippen LogP contribution is -2.14. The molecule has 0 bridgehead atoms. The maximum Gasteiger partial charge on any atom is 0.355 e. The Morgan fingerprint density at radius 3 is 2.36 bits per heavy atom. The summed E-state index contributed by atoms with van der Waals surface area (Å²) >= 11 is 0. The first-order chi connectivity index (χ1) is 17.7. The number of ether oxygens (including phenoxy) is 2. The standard InChI is InChI=1S/C32H31NO3/c1-3-35-32(34)31-30(25-16-6-4-13-23(25)2)27-18-8-9-19-28(27)33(31)21-10-11-22-36-29-20-12-15-24-14-5-7-17-26(24)29/h4-9,12-20H,3,10-11,21-22H2,1-2H3. The van der Waals surface area contributed by atoms with Gasteiger partial charge in [0.15, 0.2) is 0 Å². The molecule has 4 aromatic carbocycles. The fraction of sp³-hybridized carbons (Fsp3) is 0.219. The van der Waals surface area contributed by atoms with E-state index in [9.17, 15) is 4.79 Å². The Labute approximate surface area is 212 Å². The van der Waals surface area contributed by atoms with Crippen LogP contribution in [0, 0.1) is 6.92 Å². The highest BCUT2D eigenvalue weighted by Crippen LogP contribution is 2.37. The molecule has 5 rings (SSSR count). The van der Waals surface area contributed by atoms with Gasteiger partial charge in [-0.2, -0.15) is 0 Å². The zero-order valence-electron chi connectivity index (χ0n) is 20.9. The first-order valence-corrected chi connectivity index (χ1v) is 12.6. The highest BCUT2D eigenvalue weighted by atomic mass is 16.5. The quantitative estimate of drug-likeness (QED) is 0.161. The van der Waals surface area contributed by atoms with E-state index in [4.69, 9.17) is 9.47 Å². The molecule has 4 heteroatoms. The van der Waals surface area contributed by atoms with Crippen molar-refractivity contribution in [2.75, 3.05) is 13.2 Å². The predicted molar refractivity (Wildman–Crippen MR) is 147 cm³/mol. The number of para-hydroxylation sites is 1. The third-order valence-corrected chi connectivity index (χ3v) is 6.64. The van der Waals surface area contributed by atoms with Gasteiger partial charge in [0.1, 0.15) is 11.4 Å². The second kappa shape index (κ2) is 10.7. The third-order valence-electron chi connectivity index (χ3n) is 6.64. The van der Waals surface area contributed by atoms with E-state index in [1.807, 2.05) is 55.5 Å². The van der Waals surface area contributed by atoms with Crippen LogP contribution in [0.5, 0.6) is 5.75 Å². The van der Waals surface area contributed by atoms with Crippen LogP contribution < -0.4 is 4.74 Å². The summed E-state index contributed by atoms with van der Waals surface area (Å²) < 4.78 is 13.8. The summed E-state index contributed by atoms with van der Waals surface area (Å²) in [6, 6.07) is 30.9. The van der Waals surface area contributed by atoms with Crippen LogP contribution in [0.3, 0.4) is 0 Å². The van der Waals surface area contributed by atoms with Crippen LogP contribution in [0.1, 0.15) is 35.8 Å². The lowest BCUT2D eigenvalue weighted by atomic mass is 9.97. The minimum absolute atomic E-state index is 0.279. The van der Waals surface area contributed by atoms with Gasteiger partial charge in [-0.15, -0.1) is 0 Å². The predicted octanol–water partition coefficient (Wildman–Crippen LogP) is 7.81. The van der Waals surface area contributed by atoms with Crippen LogP contribution in [-0.2, 0) is 11.3 Å². The summed E-state index contributed by atoms with van der Waals surface area (Å²) in [5.41, 5.74) is 4.83. The van der Waals surface area contributed by atoms with E-state index in [0.717, 1.165) is 51.6 Å². The van der Waals surface area contributed by atoms with Gasteiger partial charge in [0.05, 0.1) is 13.2 Å². The molecular weight excluding hydrogens is 446 g/mol. The fourth-order valence-corrected chi connectivity index (χ4v) is 4.95. The highest BCUT2D eigenvalue weighted by Gasteiger charge is 2.25. The summed E-state index contributed by atoms with van der Waals surface area (Å²) in [6.45, 7) is 5.60. The lowest BCUT2D eigenvalue weighted by Gasteiger charge is -2.13. The molecule has 1 heterocycles. The molecular formula is C32H31NO3. The molecule has 0 aliphatic rings. The van der Waals surface area contributed by atoms with E-state index < -0.39 is 0 Å². The van der Waals surface area contributed by atoms with Gasteiger partial charge >= 0.3 is 5.97 Å². The molecule has 5 aromatic rings. The fourth-order valence-electron chi connectivity index (χ4n) is 4.95. The minimum Gasteiger partial charge on any atom is -0.493 e. The topological polar surface area (TPSA) is 40.5 Å². The van der Waals surface area contributed by atoms with E-state index in [0.29, 0.717) is 25.5 Å². The maximum absolute atomic E-state index is 13.3. The number of carbonyl (C=O) groups is 1. The number of aromatic nitrogens is 1. The molecule has 182 valence electrons. The molecule has 0 aliphatic heterocycles. The SMILES string of the molecule is CCOC(=O)c1c(-c2ccccc2C)c2ccccc2n1CCCCOc1cccc2ccccc12. The lowest BCUT2D eigenvalue weighted by molar-refractivity contribution is 0.0515. The average Bonchev–Trinajstić information content (AvgIpc) is 3.23. The molecule has 0 amide bonds. The van der Waals surface area contributed by atoms with Crippen molar-refractivity contribution in [3.63, 3.8) is 0 Å². The van der Waals surface area contributed by atoms with Gasteiger partial charge in [-0.3, -0.25) is 0 Å². The monoisotopic (exact) mass is 477 g/mol. The second-order valence-corrected chi connectivity index (χ2v) is 8.96. The molecule has 1 aromatic heterocycles. The zero-order chi connectivity index (χ0) is 24.9. The summed E-state index contributed by atoms with van der Waals surface area (Å²) in [7, 11) is 0. The third kappa shape index (κ3) is 4.59. The zero-order valence-corrected chi connectivity index (χ0v) is 20.9. The first kappa shape index (κ1) is 23.7. The number of fused-ring (bicyclic) bond motifs is 2. The van der Waals surface area contributed by atoms with Gasteiger partial charge in [0.2, 0.25) is 0 Å². The molecule has 0 N–H and O–H groups in total. The van der Waals surface area contributed by atoms with Crippen LogP contribution in [0.25, 0.3) is 32.8 Å². The van der Waals surface area contributed by atoms with Crippen molar-refractivity contribution in [1.82, 2.24) is 4.57 Å². The Kier molecular flexibility index (Phi) is 7.03. The Morgan fingerprint density at radius 1 is 0.806 bits per heavy atom. The number of benzene rings is 4. The van der Waals surface area contributed by atoms with Gasteiger partial charge in [-0.05, 0) is 55.3 Å². The summed E-state index contributed by atoms with van der Waals surface area (Å²) in [5, 5.41) is 3.38. The molecule has 0 unspecified atom stereocenters. The van der Waals surface area contributed by atoms with Crippen LogP contribution in [0.2, 0.25) is 0 Å². The van der Waals surface area contributed by atoms with Gasteiger partial charge < -0.3 is 14.0 Å². The van der Waals surface area contributed by atoms with E-state index in [1.165, 1.54) is 5.39 Å². The van der Waals surface area contributed by atoms with Crippen molar-refractivity contribution in [3.05, 3.63) is 102 Å². The van der Waals surface area contributed by atoms with E-state index in [1.54, 1.807) is 0 Å². The Balaban J connectivity index is 1.41. The molecule has 0 saturated carbocycles. The number of hydrogen-bond acceptors (Lipinski definition) is 3. The van der Waals surface area contributed by atoms with Crippen molar-refractivity contribution in [2.24, 2.45) is 0 Å². The Bertz CT molecular complexity index is 1510. The van der Waals surface area contributed by atoms with Crippen molar-refractivity contribution >= 4 is 27.6 Å². The average molecular weight is 478 g/mol. The smallest absolute Gasteiger partial charge is 0.355 e. The van der Waals surface area contributed by atoms with Crippen LogP contribution in [0.15, 0.2) is 91.0 Å². The van der Waals surface area contributed by atoms with Crippen molar-refractivity contribution in [3.8, 4) is 16.9 Å².